The average Bonchev–Trinajstić information content (AvgIpc) is 2.17. The fraction of sp³-hybridized carbons (Fsp3) is 0.800. The van der Waals surface area contributed by atoms with Crippen LogP contribution in [0.25, 0.3) is 0 Å². The zero-order valence-corrected chi connectivity index (χ0v) is 8.84. The molecule has 0 bridgehead atoms. The summed E-state index contributed by atoms with van der Waals surface area (Å²) in [4.78, 5) is 2.48. The van der Waals surface area contributed by atoms with Crippen molar-refractivity contribution < 1.29 is 0 Å². The first-order valence-electron chi connectivity index (χ1n) is 5.08. The van der Waals surface area contributed by atoms with Crippen LogP contribution in [0.3, 0.4) is 0 Å². The molecule has 2 N–H and O–H groups in total. The number of piperidine rings is 1. The van der Waals surface area contributed by atoms with Crippen LogP contribution in [-0.2, 0) is 0 Å². The van der Waals surface area contributed by atoms with E-state index in [1.165, 1.54) is 25.8 Å². The fourth-order valence-corrected chi connectivity index (χ4v) is 2.07. The van der Waals surface area contributed by atoms with Crippen molar-refractivity contribution in [3.8, 4) is 0 Å². The number of likely N-dealkylation sites (tertiary alicyclic amines) is 1. The molecule has 1 saturated heterocycles. The van der Waals surface area contributed by atoms with Crippen LogP contribution in [0.2, 0.25) is 0 Å². The Morgan fingerprint density at radius 3 is 3.00 bits per heavy atom. The van der Waals surface area contributed by atoms with Crippen molar-refractivity contribution in [2.45, 2.75) is 31.7 Å². The van der Waals surface area contributed by atoms with Crippen LogP contribution in [0.1, 0.15) is 25.7 Å². The Kier molecular flexibility index (Phi) is 5.44. The summed E-state index contributed by atoms with van der Waals surface area (Å²) >= 11 is 5.51. The average molecular weight is 203 g/mol. The Morgan fingerprint density at radius 2 is 2.31 bits per heavy atom. The van der Waals surface area contributed by atoms with Crippen LogP contribution in [0.5, 0.6) is 0 Å². The van der Waals surface area contributed by atoms with Crippen molar-refractivity contribution in [1.82, 2.24) is 4.90 Å². The van der Waals surface area contributed by atoms with Gasteiger partial charge in [-0.2, -0.15) is 0 Å². The number of nitrogens with two attached hydrogens (primary N) is 1. The Balaban J connectivity index is 2.36. The molecule has 0 aromatic heterocycles. The molecule has 0 aliphatic carbocycles. The van der Waals surface area contributed by atoms with E-state index in [1.54, 1.807) is 5.54 Å². The molecule has 1 heterocycles. The van der Waals surface area contributed by atoms with E-state index >= 15 is 0 Å². The van der Waals surface area contributed by atoms with E-state index in [2.05, 4.69) is 4.90 Å². The topological polar surface area (TPSA) is 29.3 Å². The second kappa shape index (κ2) is 6.41. The molecule has 1 fully saturated rings. The zero-order valence-electron chi connectivity index (χ0n) is 8.08. The summed E-state index contributed by atoms with van der Waals surface area (Å²) in [5.74, 6) is 0. The third-order valence-corrected chi connectivity index (χ3v) is 2.86. The van der Waals surface area contributed by atoms with Gasteiger partial charge >= 0.3 is 0 Å². The number of hydrogen-bond donors (Lipinski definition) is 1. The highest BCUT2D eigenvalue weighted by molar-refractivity contribution is 6.25. The lowest BCUT2D eigenvalue weighted by molar-refractivity contribution is 0.158. The maximum Gasteiger partial charge on any atom is 0.0177 e. The Hall–Kier alpha value is -0.0500. The van der Waals surface area contributed by atoms with E-state index in [4.69, 9.17) is 17.3 Å². The van der Waals surface area contributed by atoms with Gasteiger partial charge in [-0.3, -0.25) is 4.90 Å². The normalized spacial score (nSPS) is 25.5. The lowest BCUT2D eigenvalue weighted by Gasteiger charge is -2.34. The molecule has 0 saturated carbocycles. The maximum atomic E-state index is 5.58. The Morgan fingerprint density at radius 1 is 1.46 bits per heavy atom. The van der Waals surface area contributed by atoms with Crippen LogP contribution < -0.4 is 5.73 Å². The second-order valence-corrected chi connectivity index (χ2v) is 3.84. The summed E-state index contributed by atoms with van der Waals surface area (Å²) in [5.41, 5.74) is 7.18. The molecule has 1 aliphatic rings. The van der Waals surface area contributed by atoms with Gasteiger partial charge in [0.1, 0.15) is 0 Å². The largest absolute Gasteiger partial charge is 0.330 e. The highest BCUT2D eigenvalue weighted by Crippen LogP contribution is 2.18. The van der Waals surface area contributed by atoms with Crippen molar-refractivity contribution in [3.63, 3.8) is 0 Å². The van der Waals surface area contributed by atoms with Gasteiger partial charge < -0.3 is 5.73 Å². The van der Waals surface area contributed by atoms with E-state index in [-0.39, 0.29) is 0 Å². The van der Waals surface area contributed by atoms with Crippen molar-refractivity contribution >= 4 is 11.6 Å². The highest BCUT2D eigenvalue weighted by Gasteiger charge is 2.19. The number of halogens is 1. The molecular formula is C10H19ClN2. The Labute approximate surface area is 85.7 Å². The van der Waals surface area contributed by atoms with Gasteiger partial charge in [0.2, 0.25) is 0 Å². The van der Waals surface area contributed by atoms with Crippen LogP contribution in [0.15, 0.2) is 11.6 Å². The van der Waals surface area contributed by atoms with Gasteiger partial charge in [-0.15, -0.1) is 0 Å². The summed E-state index contributed by atoms with van der Waals surface area (Å²) in [7, 11) is 0. The molecule has 0 spiro atoms. The van der Waals surface area contributed by atoms with Crippen molar-refractivity contribution in [2.75, 3.05) is 19.6 Å². The summed E-state index contributed by atoms with van der Waals surface area (Å²) in [6.45, 7) is 2.98. The molecule has 1 aliphatic heterocycles. The molecule has 1 unspecified atom stereocenters. The molecule has 0 aromatic carbocycles. The van der Waals surface area contributed by atoms with Crippen LogP contribution in [0.4, 0.5) is 0 Å². The number of rotatable bonds is 4. The van der Waals surface area contributed by atoms with Crippen molar-refractivity contribution in [2.24, 2.45) is 5.73 Å². The molecule has 2 nitrogen and oxygen atoms in total. The minimum absolute atomic E-state index is 0.687. The van der Waals surface area contributed by atoms with Crippen LogP contribution in [-0.4, -0.2) is 30.6 Å². The van der Waals surface area contributed by atoms with Crippen molar-refractivity contribution in [3.05, 3.63) is 11.6 Å². The van der Waals surface area contributed by atoms with E-state index in [0.29, 0.717) is 6.04 Å². The third-order valence-electron chi connectivity index (χ3n) is 2.68. The Bertz CT molecular complexity index is 157. The van der Waals surface area contributed by atoms with Gasteiger partial charge in [-0.05, 0) is 32.4 Å². The molecule has 1 atom stereocenters. The summed E-state index contributed by atoms with van der Waals surface area (Å²) in [6, 6.07) is 0.687. The molecule has 13 heavy (non-hydrogen) atoms. The lowest BCUT2D eigenvalue weighted by Crippen LogP contribution is -2.40. The van der Waals surface area contributed by atoms with Gasteiger partial charge in [0.25, 0.3) is 0 Å². The van der Waals surface area contributed by atoms with Gasteiger partial charge in [0.15, 0.2) is 0 Å². The molecule has 0 radical (unpaired) electrons. The molecule has 76 valence electrons. The minimum Gasteiger partial charge on any atom is -0.330 e. The monoisotopic (exact) mass is 202 g/mol. The first-order valence-corrected chi connectivity index (χ1v) is 5.51. The number of hydrogen-bond acceptors (Lipinski definition) is 2. The third kappa shape index (κ3) is 3.67. The molecular weight excluding hydrogens is 184 g/mol. The zero-order chi connectivity index (χ0) is 9.52. The molecule has 1 rings (SSSR count). The predicted octanol–water partition coefficient (Wildman–Crippen LogP) is 1.94. The minimum atomic E-state index is 0.687. The molecule has 0 amide bonds. The van der Waals surface area contributed by atoms with Gasteiger partial charge in [-0.1, -0.05) is 24.1 Å². The van der Waals surface area contributed by atoms with Crippen molar-refractivity contribution in [1.29, 1.82) is 0 Å². The summed E-state index contributed by atoms with van der Waals surface area (Å²) in [6.07, 6.45) is 7.10. The summed E-state index contributed by atoms with van der Waals surface area (Å²) in [5, 5.41) is 0. The quantitative estimate of drug-likeness (QED) is 0.755. The maximum absolute atomic E-state index is 5.58. The van der Waals surface area contributed by atoms with E-state index < -0.39 is 0 Å². The SMILES string of the molecule is NCCC1CCCCN1CC=CCl. The fourth-order valence-electron chi connectivity index (χ4n) is 1.99. The van der Waals surface area contributed by atoms with Crippen LogP contribution >= 0.6 is 11.6 Å². The first kappa shape index (κ1) is 11.0. The van der Waals surface area contributed by atoms with E-state index in [1.807, 2.05) is 6.08 Å². The first-order chi connectivity index (χ1) is 6.38. The molecule has 3 heteroatoms. The van der Waals surface area contributed by atoms with Gasteiger partial charge in [-0.25, -0.2) is 0 Å². The predicted molar refractivity (Wildman–Crippen MR) is 57.9 cm³/mol. The summed E-state index contributed by atoms with van der Waals surface area (Å²) < 4.78 is 0. The standard InChI is InChI=1S/C10H19ClN2/c11-6-3-9-13-8-2-1-4-10(13)5-7-12/h3,6,10H,1-2,4-5,7-9,12H2. The smallest absolute Gasteiger partial charge is 0.0177 e. The molecule has 0 aromatic rings. The second-order valence-electron chi connectivity index (χ2n) is 3.58. The van der Waals surface area contributed by atoms with E-state index in [9.17, 15) is 0 Å². The van der Waals surface area contributed by atoms with Gasteiger partial charge in [0.05, 0.1) is 0 Å². The number of nitrogens with zero attached hydrogens (tertiary/aromatic N) is 1. The van der Waals surface area contributed by atoms with Crippen LogP contribution in [0, 0.1) is 0 Å². The lowest BCUT2D eigenvalue weighted by atomic mass is 9.99. The van der Waals surface area contributed by atoms with E-state index in [0.717, 1.165) is 19.5 Å². The van der Waals surface area contributed by atoms with Gasteiger partial charge in [0, 0.05) is 18.1 Å². The highest BCUT2D eigenvalue weighted by atomic mass is 35.5.